The minimum atomic E-state index is 0.911. The van der Waals surface area contributed by atoms with E-state index in [4.69, 9.17) is 0 Å². The van der Waals surface area contributed by atoms with Crippen LogP contribution in [-0.2, 0) is 6.54 Å². The first-order valence-electron chi connectivity index (χ1n) is 5.63. The second kappa shape index (κ2) is 5.76. The molecule has 1 aromatic carbocycles. The number of hydrogen-bond acceptors (Lipinski definition) is 3. The summed E-state index contributed by atoms with van der Waals surface area (Å²) < 4.78 is 1.09. The SMILES string of the molecule is CCNCc1sc(-c2cccc(Br)c2)nc1C. The summed E-state index contributed by atoms with van der Waals surface area (Å²) in [4.78, 5) is 5.95. The highest BCUT2D eigenvalue weighted by atomic mass is 79.9. The quantitative estimate of drug-likeness (QED) is 0.923. The van der Waals surface area contributed by atoms with Crippen molar-refractivity contribution in [2.24, 2.45) is 0 Å². The minimum absolute atomic E-state index is 0.911. The summed E-state index contributed by atoms with van der Waals surface area (Å²) >= 11 is 5.26. The Morgan fingerprint density at radius 1 is 1.41 bits per heavy atom. The summed E-state index contributed by atoms with van der Waals surface area (Å²) in [6.07, 6.45) is 0. The van der Waals surface area contributed by atoms with Crippen LogP contribution in [0.2, 0.25) is 0 Å². The fourth-order valence-corrected chi connectivity index (χ4v) is 3.00. The van der Waals surface area contributed by atoms with E-state index in [0.29, 0.717) is 0 Å². The van der Waals surface area contributed by atoms with E-state index in [-0.39, 0.29) is 0 Å². The van der Waals surface area contributed by atoms with Crippen molar-refractivity contribution >= 4 is 27.3 Å². The smallest absolute Gasteiger partial charge is 0.123 e. The van der Waals surface area contributed by atoms with Crippen LogP contribution >= 0.6 is 27.3 Å². The van der Waals surface area contributed by atoms with Gasteiger partial charge >= 0.3 is 0 Å². The van der Waals surface area contributed by atoms with E-state index < -0.39 is 0 Å². The number of nitrogens with one attached hydrogen (secondary N) is 1. The molecule has 0 aliphatic rings. The molecule has 0 atom stereocenters. The Bertz CT molecular complexity index is 508. The molecule has 0 unspecified atom stereocenters. The first kappa shape index (κ1) is 12.7. The van der Waals surface area contributed by atoms with Gasteiger partial charge in [-0.1, -0.05) is 35.0 Å². The first-order valence-corrected chi connectivity index (χ1v) is 7.24. The van der Waals surface area contributed by atoms with Crippen molar-refractivity contribution in [1.29, 1.82) is 0 Å². The van der Waals surface area contributed by atoms with Gasteiger partial charge in [0.1, 0.15) is 5.01 Å². The van der Waals surface area contributed by atoms with Crippen molar-refractivity contribution in [1.82, 2.24) is 10.3 Å². The molecule has 0 fully saturated rings. The summed E-state index contributed by atoms with van der Waals surface area (Å²) in [7, 11) is 0. The average Bonchev–Trinajstić information content (AvgIpc) is 2.68. The molecule has 1 N–H and O–H groups in total. The largest absolute Gasteiger partial charge is 0.312 e. The van der Waals surface area contributed by atoms with Crippen molar-refractivity contribution in [3.63, 3.8) is 0 Å². The van der Waals surface area contributed by atoms with Crippen LogP contribution in [-0.4, -0.2) is 11.5 Å². The van der Waals surface area contributed by atoms with Crippen LogP contribution in [0, 0.1) is 6.92 Å². The Morgan fingerprint density at radius 2 is 2.24 bits per heavy atom. The molecule has 0 saturated heterocycles. The molecule has 90 valence electrons. The molecule has 0 aliphatic carbocycles. The molecule has 0 spiro atoms. The van der Waals surface area contributed by atoms with Crippen LogP contribution in [0.25, 0.3) is 10.6 Å². The number of benzene rings is 1. The molecule has 2 nitrogen and oxygen atoms in total. The zero-order valence-electron chi connectivity index (χ0n) is 9.96. The monoisotopic (exact) mass is 310 g/mol. The van der Waals surface area contributed by atoms with Gasteiger partial charge in [-0.15, -0.1) is 11.3 Å². The maximum Gasteiger partial charge on any atom is 0.123 e. The zero-order valence-corrected chi connectivity index (χ0v) is 12.4. The fraction of sp³-hybridized carbons (Fsp3) is 0.308. The summed E-state index contributed by atoms with van der Waals surface area (Å²) in [5.41, 5.74) is 2.31. The Kier molecular flexibility index (Phi) is 4.31. The highest BCUT2D eigenvalue weighted by Gasteiger charge is 2.08. The van der Waals surface area contributed by atoms with Crippen LogP contribution in [0.3, 0.4) is 0 Å². The van der Waals surface area contributed by atoms with Gasteiger partial charge in [0.25, 0.3) is 0 Å². The second-order valence-electron chi connectivity index (χ2n) is 3.82. The van der Waals surface area contributed by atoms with Gasteiger partial charge in [0.05, 0.1) is 5.69 Å². The van der Waals surface area contributed by atoms with Gasteiger partial charge < -0.3 is 5.32 Å². The van der Waals surface area contributed by atoms with Crippen molar-refractivity contribution in [2.75, 3.05) is 6.54 Å². The van der Waals surface area contributed by atoms with E-state index in [0.717, 1.165) is 28.3 Å². The molecule has 0 amide bonds. The summed E-state index contributed by atoms with van der Waals surface area (Å²) in [6, 6.07) is 8.28. The molecular formula is C13H15BrN2S. The van der Waals surface area contributed by atoms with E-state index in [2.05, 4.69) is 52.2 Å². The number of aryl methyl sites for hydroxylation is 1. The van der Waals surface area contributed by atoms with E-state index in [9.17, 15) is 0 Å². The molecule has 2 rings (SSSR count). The van der Waals surface area contributed by atoms with Crippen LogP contribution in [0.1, 0.15) is 17.5 Å². The molecule has 1 aromatic heterocycles. The molecular weight excluding hydrogens is 296 g/mol. The summed E-state index contributed by atoms with van der Waals surface area (Å²) in [5.74, 6) is 0. The Labute approximate surface area is 114 Å². The highest BCUT2D eigenvalue weighted by molar-refractivity contribution is 9.10. The van der Waals surface area contributed by atoms with Crippen molar-refractivity contribution < 1.29 is 0 Å². The van der Waals surface area contributed by atoms with Gasteiger partial charge in [-0.25, -0.2) is 4.98 Å². The van der Waals surface area contributed by atoms with Crippen molar-refractivity contribution in [3.8, 4) is 10.6 Å². The molecule has 17 heavy (non-hydrogen) atoms. The third kappa shape index (κ3) is 3.15. The summed E-state index contributed by atoms with van der Waals surface area (Å²) in [5, 5.41) is 4.44. The lowest BCUT2D eigenvalue weighted by Gasteiger charge is -1.97. The zero-order chi connectivity index (χ0) is 12.3. The highest BCUT2D eigenvalue weighted by Crippen LogP contribution is 2.29. The number of rotatable bonds is 4. The maximum absolute atomic E-state index is 4.63. The molecule has 0 bridgehead atoms. The van der Waals surface area contributed by atoms with Crippen LogP contribution in [0.5, 0.6) is 0 Å². The van der Waals surface area contributed by atoms with E-state index >= 15 is 0 Å². The van der Waals surface area contributed by atoms with Gasteiger partial charge in [-0.3, -0.25) is 0 Å². The molecule has 0 saturated carbocycles. The van der Waals surface area contributed by atoms with Crippen molar-refractivity contribution in [2.45, 2.75) is 20.4 Å². The Hall–Kier alpha value is -0.710. The average molecular weight is 311 g/mol. The van der Waals surface area contributed by atoms with Gasteiger partial charge in [-0.2, -0.15) is 0 Å². The Balaban J connectivity index is 2.28. The molecule has 4 heteroatoms. The molecule has 1 heterocycles. The van der Waals surface area contributed by atoms with Gasteiger partial charge in [-0.05, 0) is 25.6 Å². The number of thiazole rings is 1. The summed E-state index contributed by atoms with van der Waals surface area (Å²) in [6.45, 7) is 6.09. The lowest BCUT2D eigenvalue weighted by Crippen LogP contribution is -2.11. The van der Waals surface area contributed by atoms with Crippen molar-refractivity contribution in [3.05, 3.63) is 39.3 Å². The van der Waals surface area contributed by atoms with Crippen LogP contribution in [0.4, 0.5) is 0 Å². The molecule has 0 radical (unpaired) electrons. The third-order valence-electron chi connectivity index (χ3n) is 2.50. The lowest BCUT2D eigenvalue weighted by atomic mass is 10.2. The fourth-order valence-electron chi connectivity index (χ4n) is 1.58. The standard InChI is InChI=1S/C13H15BrN2S/c1-3-15-8-12-9(2)16-13(17-12)10-5-4-6-11(14)7-10/h4-7,15H,3,8H2,1-2H3. The number of aromatic nitrogens is 1. The van der Waals surface area contributed by atoms with E-state index in [1.165, 1.54) is 10.4 Å². The third-order valence-corrected chi connectivity index (χ3v) is 4.20. The topological polar surface area (TPSA) is 24.9 Å². The van der Waals surface area contributed by atoms with Gasteiger partial charge in [0, 0.05) is 21.5 Å². The first-order chi connectivity index (χ1) is 8.20. The van der Waals surface area contributed by atoms with Crippen LogP contribution < -0.4 is 5.32 Å². The molecule has 2 aromatic rings. The maximum atomic E-state index is 4.63. The Morgan fingerprint density at radius 3 is 2.94 bits per heavy atom. The second-order valence-corrected chi connectivity index (χ2v) is 5.82. The van der Waals surface area contributed by atoms with E-state index in [1.807, 2.05) is 12.1 Å². The van der Waals surface area contributed by atoms with Gasteiger partial charge in [0.15, 0.2) is 0 Å². The normalized spacial score (nSPS) is 10.8. The number of nitrogens with zero attached hydrogens (tertiary/aromatic N) is 1. The van der Waals surface area contributed by atoms with E-state index in [1.54, 1.807) is 11.3 Å². The number of hydrogen-bond donors (Lipinski definition) is 1. The van der Waals surface area contributed by atoms with Crippen LogP contribution in [0.15, 0.2) is 28.7 Å². The van der Waals surface area contributed by atoms with Gasteiger partial charge in [0.2, 0.25) is 0 Å². The predicted octanol–water partition coefficient (Wildman–Crippen LogP) is 3.99. The predicted molar refractivity (Wildman–Crippen MR) is 77.4 cm³/mol. The molecule has 0 aliphatic heterocycles. The minimum Gasteiger partial charge on any atom is -0.312 e. The lowest BCUT2D eigenvalue weighted by molar-refractivity contribution is 0.731. The number of halogens is 1.